The molecule has 1 fully saturated rings. The van der Waals surface area contributed by atoms with Crippen molar-refractivity contribution in [3.05, 3.63) is 102 Å². The monoisotopic (exact) mass is 513 g/mol. The summed E-state index contributed by atoms with van der Waals surface area (Å²) in [5, 5.41) is 13.6. The lowest BCUT2D eigenvalue weighted by Gasteiger charge is -2.11. The summed E-state index contributed by atoms with van der Waals surface area (Å²) in [4.78, 5) is 12.6. The van der Waals surface area contributed by atoms with E-state index in [1.54, 1.807) is 6.33 Å². The van der Waals surface area contributed by atoms with Gasteiger partial charge in [0, 0.05) is 40.5 Å². The fraction of sp³-hybridized carbons (Fsp3) is 0.219. The minimum atomic E-state index is 0.519. The number of benzene rings is 1. The molecule has 1 aromatic carbocycles. The second kappa shape index (κ2) is 9.27. The zero-order valence-corrected chi connectivity index (χ0v) is 22.3. The lowest BCUT2D eigenvalue weighted by Crippen LogP contribution is -2.10. The lowest BCUT2D eigenvalue weighted by atomic mass is 10.0. The van der Waals surface area contributed by atoms with Gasteiger partial charge in [0.1, 0.15) is 17.8 Å². The van der Waals surface area contributed by atoms with Gasteiger partial charge in [0.15, 0.2) is 0 Å². The van der Waals surface area contributed by atoms with E-state index in [2.05, 4.69) is 81.4 Å². The zero-order chi connectivity index (χ0) is 26.5. The number of H-pyrrole nitrogens is 2. The highest BCUT2D eigenvalue weighted by molar-refractivity contribution is 5.99. The first kappa shape index (κ1) is 23.5. The quantitative estimate of drug-likeness (QED) is 0.206. The van der Waals surface area contributed by atoms with Crippen LogP contribution in [0.2, 0.25) is 0 Å². The molecule has 0 amide bonds. The summed E-state index contributed by atoms with van der Waals surface area (Å²) in [6.45, 7) is 8.44. The Kier molecular flexibility index (Phi) is 5.58. The van der Waals surface area contributed by atoms with Crippen molar-refractivity contribution < 1.29 is 0 Å². The molecule has 1 atom stereocenters. The topological polar surface area (TPSA) is 87.2 Å². The third-order valence-electron chi connectivity index (χ3n) is 7.59. The highest BCUT2D eigenvalue weighted by Gasteiger charge is 2.30. The van der Waals surface area contributed by atoms with Crippen molar-refractivity contribution in [2.45, 2.75) is 39.5 Å². The number of hydrogen-bond donors (Lipinski definition) is 3. The van der Waals surface area contributed by atoms with E-state index in [9.17, 15) is 0 Å². The van der Waals surface area contributed by atoms with Crippen LogP contribution >= 0.6 is 0 Å². The number of aryl methyl sites for hydroxylation is 1. The van der Waals surface area contributed by atoms with Gasteiger partial charge in [-0.1, -0.05) is 37.6 Å². The van der Waals surface area contributed by atoms with E-state index in [1.807, 2.05) is 30.0 Å². The average Bonchev–Trinajstić information content (AvgIpc) is 3.24. The summed E-state index contributed by atoms with van der Waals surface area (Å²) >= 11 is 0. The van der Waals surface area contributed by atoms with E-state index in [0.717, 1.165) is 75.4 Å². The molecule has 0 saturated heterocycles. The Morgan fingerprint density at radius 3 is 2.90 bits per heavy atom. The molecule has 0 radical (unpaired) electrons. The molecule has 4 aromatic heterocycles. The molecule has 7 nitrogen and oxygen atoms in total. The number of fused-ring (bicyclic) bond motifs is 3. The molecule has 7 heteroatoms. The molecule has 0 bridgehead atoms. The van der Waals surface area contributed by atoms with Gasteiger partial charge < -0.3 is 10.3 Å². The Bertz CT molecular complexity index is 1840. The van der Waals surface area contributed by atoms with E-state index < -0.39 is 0 Å². The van der Waals surface area contributed by atoms with Gasteiger partial charge in [0.25, 0.3) is 0 Å². The van der Waals surface area contributed by atoms with E-state index in [0.29, 0.717) is 5.92 Å². The SMILES string of the molecule is C=C(CCCC)NC1=CC(c2ccc3[nH]nc(-c4cc5c(-n6cnc(C)c6)nccc5[nH]4)c3c2)=CC2CC2=C1. The van der Waals surface area contributed by atoms with Gasteiger partial charge in [-0.15, -0.1) is 0 Å². The third kappa shape index (κ3) is 4.40. The molecule has 2 aliphatic rings. The number of unbranched alkanes of at least 4 members (excludes halogenated alkanes) is 1. The van der Waals surface area contributed by atoms with E-state index in [4.69, 9.17) is 5.10 Å². The number of rotatable bonds is 8. The molecule has 1 unspecified atom stereocenters. The van der Waals surface area contributed by atoms with Crippen LogP contribution in [-0.4, -0.2) is 29.7 Å². The number of allylic oxidation sites excluding steroid dienone is 6. The number of nitrogens with zero attached hydrogens (tertiary/aromatic N) is 4. The molecule has 7 rings (SSSR count). The van der Waals surface area contributed by atoms with E-state index >= 15 is 0 Å². The number of imidazole rings is 1. The summed E-state index contributed by atoms with van der Waals surface area (Å²) in [7, 11) is 0. The predicted molar refractivity (Wildman–Crippen MR) is 157 cm³/mol. The summed E-state index contributed by atoms with van der Waals surface area (Å²) in [6.07, 6.45) is 17.0. The largest absolute Gasteiger partial charge is 0.359 e. The third-order valence-corrected chi connectivity index (χ3v) is 7.59. The van der Waals surface area contributed by atoms with Crippen molar-refractivity contribution in [3.63, 3.8) is 0 Å². The molecular formula is C32H31N7. The second-order valence-corrected chi connectivity index (χ2v) is 10.6. The molecule has 1 saturated carbocycles. The minimum Gasteiger partial charge on any atom is -0.359 e. The lowest BCUT2D eigenvalue weighted by molar-refractivity contribution is 0.751. The summed E-state index contributed by atoms with van der Waals surface area (Å²) in [6, 6.07) is 10.7. The Morgan fingerprint density at radius 1 is 1.13 bits per heavy atom. The van der Waals surface area contributed by atoms with Crippen LogP contribution in [-0.2, 0) is 0 Å². The molecule has 39 heavy (non-hydrogen) atoms. The van der Waals surface area contributed by atoms with Gasteiger partial charge in [0.2, 0.25) is 0 Å². The van der Waals surface area contributed by atoms with Crippen molar-refractivity contribution in [2.24, 2.45) is 5.92 Å². The van der Waals surface area contributed by atoms with E-state index in [1.165, 1.54) is 23.1 Å². The maximum Gasteiger partial charge on any atom is 0.147 e. The van der Waals surface area contributed by atoms with Crippen molar-refractivity contribution in [3.8, 4) is 17.2 Å². The molecule has 5 aromatic rings. The van der Waals surface area contributed by atoms with Crippen molar-refractivity contribution in [1.29, 1.82) is 0 Å². The maximum absolute atomic E-state index is 4.71. The second-order valence-electron chi connectivity index (χ2n) is 10.6. The molecular weight excluding hydrogens is 482 g/mol. The minimum absolute atomic E-state index is 0.519. The highest BCUT2D eigenvalue weighted by Crippen LogP contribution is 2.44. The predicted octanol–water partition coefficient (Wildman–Crippen LogP) is 7.12. The Balaban J connectivity index is 1.26. The van der Waals surface area contributed by atoms with Crippen LogP contribution in [0.5, 0.6) is 0 Å². The van der Waals surface area contributed by atoms with Crippen LogP contribution in [0.15, 0.2) is 90.8 Å². The Hall–Kier alpha value is -4.65. The van der Waals surface area contributed by atoms with E-state index in [-0.39, 0.29) is 0 Å². The molecule has 0 spiro atoms. The summed E-state index contributed by atoms with van der Waals surface area (Å²) < 4.78 is 1.96. The number of aromatic amines is 2. The fourth-order valence-corrected chi connectivity index (χ4v) is 5.42. The van der Waals surface area contributed by atoms with Crippen molar-refractivity contribution >= 4 is 27.4 Å². The van der Waals surface area contributed by atoms with Crippen molar-refractivity contribution in [1.82, 2.24) is 35.0 Å². The van der Waals surface area contributed by atoms with Gasteiger partial charge in [-0.05, 0) is 73.7 Å². The van der Waals surface area contributed by atoms with Gasteiger partial charge in [-0.3, -0.25) is 9.67 Å². The van der Waals surface area contributed by atoms with Crippen LogP contribution in [0.1, 0.15) is 43.9 Å². The molecule has 2 aliphatic carbocycles. The normalized spacial score (nSPS) is 16.5. The van der Waals surface area contributed by atoms with Crippen molar-refractivity contribution in [2.75, 3.05) is 0 Å². The smallest absolute Gasteiger partial charge is 0.147 e. The van der Waals surface area contributed by atoms with Crippen LogP contribution < -0.4 is 5.32 Å². The summed E-state index contributed by atoms with van der Waals surface area (Å²) in [5.41, 5.74) is 10.9. The highest BCUT2D eigenvalue weighted by atomic mass is 15.1. The Labute approximate surface area is 227 Å². The van der Waals surface area contributed by atoms with Gasteiger partial charge in [-0.2, -0.15) is 5.10 Å². The Morgan fingerprint density at radius 2 is 2.05 bits per heavy atom. The molecule has 4 heterocycles. The first-order valence-electron chi connectivity index (χ1n) is 13.6. The molecule has 0 aliphatic heterocycles. The van der Waals surface area contributed by atoms with Crippen LogP contribution in [0.4, 0.5) is 0 Å². The van der Waals surface area contributed by atoms with Crippen LogP contribution in [0.25, 0.3) is 44.6 Å². The first-order valence-corrected chi connectivity index (χ1v) is 13.6. The average molecular weight is 514 g/mol. The number of nitrogens with one attached hydrogen (secondary N) is 3. The number of pyridine rings is 1. The first-order chi connectivity index (χ1) is 19.1. The van der Waals surface area contributed by atoms with Crippen LogP contribution in [0, 0.1) is 12.8 Å². The van der Waals surface area contributed by atoms with Gasteiger partial charge in [0.05, 0.1) is 22.4 Å². The van der Waals surface area contributed by atoms with Gasteiger partial charge in [-0.25, -0.2) is 9.97 Å². The molecule has 194 valence electrons. The summed E-state index contributed by atoms with van der Waals surface area (Å²) in [5.74, 6) is 1.36. The maximum atomic E-state index is 4.71. The number of aromatic nitrogens is 6. The zero-order valence-electron chi connectivity index (χ0n) is 22.3. The van der Waals surface area contributed by atoms with Crippen LogP contribution in [0.3, 0.4) is 0 Å². The fourth-order valence-electron chi connectivity index (χ4n) is 5.42. The van der Waals surface area contributed by atoms with Gasteiger partial charge >= 0.3 is 0 Å². The number of hydrogen-bond acceptors (Lipinski definition) is 4. The molecule has 3 N–H and O–H groups in total. The standard InChI is InChI=1S/C32H31N7/c1-4-5-6-19(2)35-25-13-23(11-22-12-24(22)14-25)21-7-8-29-26(15-21)31(38-37-29)30-16-27-28(36-30)9-10-33-32(27)39-17-20(3)34-18-39/h7-11,13-18,22,35-36H,2,4-6,12H2,1,3H3,(H,37,38).